The summed E-state index contributed by atoms with van der Waals surface area (Å²) in [4.78, 5) is 0. The molecule has 3 rings (SSSR count). The Morgan fingerprint density at radius 2 is 1.48 bits per heavy atom. The fourth-order valence-electron chi connectivity index (χ4n) is 4.18. The highest BCUT2D eigenvalue weighted by Crippen LogP contribution is 2.43. The number of benzene rings is 2. The van der Waals surface area contributed by atoms with Crippen LogP contribution >= 0.6 is 0 Å². The molecule has 0 bridgehead atoms. The van der Waals surface area contributed by atoms with Crippen molar-refractivity contribution in [3.05, 3.63) is 59.2 Å². The van der Waals surface area contributed by atoms with Crippen LogP contribution < -0.4 is 0 Å². The van der Waals surface area contributed by atoms with E-state index in [0.29, 0.717) is 11.6 Å². The van der Waals surface area contributed by atoms with E-state index in [1.54, 1.807) is 12.1 Å². The van der Waals surface area contributed by atoms with E-state index in [1.165, 1.54) is 24.8 Å². The second-order valence-corrected chi connectivity index (χ2v) is 7.02. The molecule has 0 nitrogen and oxygen atoms in total. The first-order chi connectivity index (χ1) is 12.0. The molecule has 0 amide bonds. The normalized spacial score (nSPS) is 16.8. The van der Waals surface area contributed by atoms with Gasteiger partial charge in [-0.25, -0.2) is 17.6 Å². The van der Waals surface area contributed by atoms with Crippen molar-refractivity contribution in [3.63, 3.8) is 0 Å². The molecule has 2 aromatic carbocycles. The van der Waals surface area contributed by atoms with Crippen molar-refractivity contribution in [2.45, 2.75) is 57.3 Å². The van der Waals surface area contributed by atoms with Gasteiger partial charge in [0.05, 0.1) is 0 Å². The van der Waals surface area contributed by atoms with Crippen molar-refractivity contribution in [2.24, 2.45) is 0 Å². The van der Waals surface area contributed by atoms with E-state index >= 15 is 0 Å². The third-order valence-electron chi connectivity index (χ3n) is 5.45. The van der Waals surface area contributed by atoms with Crippen LogP contribution in [0.2, 0.25) is 0 Å². The number of hydrogen-bond acceptors (Lipinski definition) is 0. The van der Waals surface area contributed by atoms with E-state index < -0.39 is 23.3 Å². The van der Waals surface area contributed by atoms with Crippen LogP contribution in [-0.2, 0) is 5.41 Å². The molecule has 0 aliphatic heterocycles. The average Bonchev–Trinajstić information content (AvgIpc) is 2.64. The largest absolute Gasteiger partial charge is 0.204 e. The summed E-state index contributed by atoms with van der Waals surface area (Å²) in [6.07, 6.45) is 8.10. The third-order valence-corrected chi connectivity index (χ3v) is 5.45. The monoisotopic (exact) mass is 350 g/mol. The van der Waals surface area contributed by atoms with Crippen molar-refractivity contribution in [1.82, 2.24) is 0 Å². The highest BCUT2D eigenvalue weighted by molar-refractivity contribution is 5.65. The molecule has 0 unspecified atom stereocenters. The summed E-state index contributed by atoms with van der Waals surface area (Å²) in [6, 6.07) is 7.92. The predicted octanol–water partition coefficient (Wildman–Crippen LogP) is 6.91. The van der Waals surface area contributed by atoms with Gasteiger partial charge in [0.2, 0.25) is 0 Å². The number of halogens is 4. The molecule has 0 aromatic heterocycles. The van der Waals surface area contributed by atoms with Gasteiger partial charge >= 0.3 is 0 Å². The Kier molecular flexibility index (Phi) is 5.16. The molecule has 1 aliphatic carbocycles. The number of rotatable bonds is 4. The molecule has 0 spiro atoms. The van der Waals surface area contributed by atoms with Gasteiger partial charge in [-0.15, -0.1) is 0 Å². The maximum absolute atomic E-state index is 14.0. The van der Waals surface area contributed by atoms with Crippen LogP contribution in [0.5, 0.6) is 0 Å². The molecule has 0 radical (unpaired) electrons. The van der Waals surface area contributed by atoms with Gasteiger partial charge in [0.15, 0.2) is 23.3 Å². The molecule has 1 fully saturated rings. The molecule has 0 saturated heterocycles. The summed E-state index contributed by atoms with van der Waals surface area (Å²) in [5, 5.41) is 0. The lowest BCUT2D eigenvalue weighted by molar-refractivity contribution is 0.271. The molecule has 1 saturated carbocycles. The summed E-state index contributed by atoms with van der Waals surface area (Å²) >= 11 is 0. The summed E-state index contributed by atoms with van der Waals surface area (Å²) in [5.41, 5.74) is 1.43. The lowest BCUT2D eigenvalue weighted by Crippen LogP contribution is -2.28. The molecular formula is C21H22F4. The third kappa shape index (κ3) is 3.31. The van der Waals surface area contributed by atoms with Crippen molar-refractivity contribution in [3.8, 4) is 11.1 Å². The van der Waals surface area contributed by atoms with Crippen LogP contribution in [0.25, 0.3) is 11.1 Å². The van der Waals surface area contributed by atoms with Crippen molar-refractivity contribution in [1.29, 1.82) is 0 Å². The quantitative estimate of drug-likeness (QED) is 0.319. The van der Waals surface area contributed by atoms with Crippen LogP contribution in [0.3, 0.4) is 0 Å². The Morgan fingerprint density at radius 1 is 0.840 bits per heavy atom. The highest BCUT2D eigenvalue weighted by Gasteiger charge is 2.32. The van der Waals surface area contributed by atoms with Crippen LogP contribution in [0.15, 0.2) is 30.3 Å². The molecular weight excluding hydrogens is 328 g/mol. The van der Waals surface area contributed by atoms with Gasteiger partial charge < -0.3 is 0 Å². The highest BCUT2D eigenvalue weighted by atomic mass is 19.2. The zero-order valence-corrected chi connectivity index (χ0v) is 14.3. The van der Waals surface area contributed by atoms with E-state index in [-0.39, 0.29) is 11.0 Å². The predicted molar refractivity (Wildman–Crippen MR) is 91.4 cm³/mol. The van der Waals surface area contributed by atoms with Gasteiger partial charge in [-0.1, -0.05) is 56.9 Å². The van der Waals surface area contributed by atoms with Gasteiger partial charge in [-0.3, -0.25) is 0 Å². The van der Waals surface area contributed by atoms with Crippen molar-refractivity contribution < 1.29 is 17.6 Å². The summed E-state index contributed by atoms with van der Waals surface area (Å²) < 4.78 is 54.1. The Morgan fingerprint density at radius 3 is 2.08 bits per heavy atom. The van der Waals surface area contributed by atoms with Crippen LogP contribution in [0.4, 0.5) is 17.6 Å². The van der Waals surface area contributed by atoms with E-state index in [1.807, 2.05) is 12.1 Å². The lowest BCUT2D eigenvalue weighted by atomic mass is 9.67. The second-order valence-electron chi connectivity index (χ2n) is 7.02. The molecule has 2 aromatic rings. The summed E-state index contributed by atoms with van der Waals surface area (Å²) in [6.45, 7) is 2.17. The standard InChI is InChI=1S/C21H22F4/c1-2-10-21(11-4-3-5-12-21)15-8-6-14(7-9-15)16-13-17(22)19(24)20(25)18(16)23/h6-9,13H,2-5,10-12H2,1H3. The van der Waals surface area contributed by atoms with E-state index in [9.17, 15) is 17.6 Å². The Hall–Kier alpha value is -1.84. The topological polar surface area (TPSA) is 0 Å². The summed E-state index contributed by atoms with van der Waals surface area (Å²) in [7, 11) is 0. The van der Waals surface area contributed by atoms with Crippen LogP contribution in [-0.4, -0.2) is 0 Å². The van der Waals surface area contributed by atoms with Crippen LogP contribution in [0.1, 0.15) is 57.4 Å². The first-order valence-electron chi connectivity index (χ1n) is 8.92. The Bertz CT molecular complexity index is 738. The maximum Gasteiger partial charge on any atom is 0.198 e. The summed E-state index contributed by atoms with van der Waals surface area (Å²) in [5.74, 6) is -6.28. The zero-order chi connectivity index (χ0) is 18.0. The average molecular weight is 350 g/mol. The Labute approximate surface area is 145 Å². The molecule has 0 heterocycles. The SMILES string of the molecule is CCCC1(c2ccc(-c3cc(F)c(F)c(F)c3F)cc2)CCCCC1. The van der Waals surface area contributed by atoms with E-state index in [0.717, 1.165) is 25.7 Å². The second kappa shape index (κ2) is 7.19. The van der Waals surface area contributed by atoms with E-state index in [4.69, 9.17) is 0 Å². The van der Waals surface area contributed by atoms with Crippen molar-refractivity contribution >= 4 is 0 Å². The molecule has 4 heteroatoms. The molecule has 1 aliphatic rings. The van der Waals surface area contributed by atoms with Gasteiger partial charge in [-0.2, -0.15) is 0 Å². The van der Waals surface area contributed by atoms with Crippen molar-refractivity contribution in [2.75, 3.05) is 0 Å². The lowest BCUT2D eigenvalue weighted by Gasteiger charge is -2.38. The Balaban J connectivity index is 1.98. The van der Waals surface area contributed by atoms with E-state index in [2.05, 4.69) is 6.92 Å². The number of hydrogen-bond donors (Lipinski definition) is 0. The van der Waals surface area contributed by atoms with Gasteiger partial charge in [0, 0.05) is 5.56 Å². The minimum absolute atomic E-state index is 0.142. The maximum atomic E-state index is 14.0. The minimum Gasteiger partial charge on any atom is -0.204 e. The zero-order valence-electron chi connectivity index (χ0n) is 14.3. The van der Waals surface area contributed by atoms with Gasteiger partial charge in [0.1, 0.15) is 0 Å². The molecule has 0 N–H and O–H groups in total. The molecule has 25 heavy (non-hydrogen) atoms. The molecule has 134 valence electrons. The van der Waals surface area contributed by atoms with Gasteiger partial charge in [0.25, 0.3) is 0 Å². The van der Waals surface area contributed by atoms with Gasteiger partial charge in [-0.05, 0) is 41.9 Å². The van der Waals surface area contributed by atoms with Crippen LogP contribution in [0, 0.1) is 23.3 Å². The smallest absolute Gasteiger partial charge is 0.198 e. The first-order valence-corrected chi connectivity index (χ1v) is 8.92. The first kappa shape index (κ1) is 18.0. The molecule has 0 atom stereocenters. The fraction of sp³-hybridized carbons (Fsp3) is 0.429. The fourth-order valence-corrected chi connectivity index (χ4v) is 4.18. The minimum atomic E-state index is -1.78.